The first-order valence-electron chi connectivity index (χ1n) is 8.25. The number of amides is 1. The number of halogens is 1. The summed E-state index contributed by atoms with van der Waals surface area (Å²) in [7, 11) is 4.11. The highest BCUT2D eigenvalue weighted by molar-refractivity contribution is 14.0. The van der Waals surface area contributed by atoms with Gasteiger partial charge in [-0.15, -0.1) is 24.0 Å². The van der Waals surface area contributed by atoms with Crippen molar-refractivity contribution >= 4 is 35.8 Å². The smallest absolute Gasteiger partial charge is 0.224 e. The number of hydrogen-bond acceptors (Lipinski definition) is 3. The van der Waals surface area contributed by atoms with Gasteiger partial charge in [0.25, 0.3) is 0 Å². The molecule has 0 saturated heterocycles. The van der Waals surface area contributed by atoms with Crippen molar-refractivity contribution in [1.82, 2.24) is 20.4 Å². The van der Waals surface area contributed by atoms with Crippen molar-refractivity contribution in [3.63, 3.8) is 0 Å². The molecule has 0 radical (unpaired) electrons. The molecule has 7 heteroatoms. The van der Waals surface area contributed by atoms with Crippen LogP contribution < -0.4 is 10.6 Å². The average Bonchev–Trinajstić information content (AvgIpc) is 2.46. The standard InChI is InChI=1S/C16H35N5O.HI/c1-8-17-15(19-13-16(4,5)20(6)7)18-12-11-14(22)21(9-2)10-3;/h8-13H2,1-7H3,(H2,17,18,19);1H. The molecule has 0 aromatic heterocycles. The van der Waals surface area contributed by atoms with Crippen LogP contribution in [-0.2, 0) is 4.79 Å². The molecule has 0 aliphatic rings. The zero-order valence-electron chi connectivity index (χ0n) is 15.9. The zero-order chi connectivity index (χ0) is 17.2. The highest BCUT2D eigenvalue weighted by Crippen LogP contribution is 2.09. The number of likely N-dealkylation sites (N-methyl/N-ethyl adjacent to an activating group) is 1. The Labute approximate surface area is 159 Å². The van der Waals surface area contributed by atoms with E-state index in [4.69, 9.17) is 0 Å². The molecule has 0 unspecified atom stereocenters. The van der Waals surface area contributed by atoms with Crippen LogP contribution in [0, 0.1) is 0 Å². The second-order valence-electron chi connectivity index (χ2n) is 6.14. The van der Waals surface area contributed by atoms with E-state index in [0.717, 1.165) is 25.6 Å². The molecule has 0 fully saturated rings. The summed E-state index contributed by atoms with van der Waals surface area (Å²) in [4.78, 5) is 20.6. The molecule has 0 atom stereocenters. The number of aliphatic imine (C=N–C) groups is 1. The Kier molecular flexibility index (Phi) is 13.7. The molecule has 6 nitrogen and oxygen atoms in total. The van der Waals surface area contributed by atoms with Crippen molar-refractivity contribution in [2.24, 2.45) is 4.99 Å². The van der Waals surface area contributed by atoms with Gasteiger partial charge < -0.3 is 20.4 Å². The van der Waals surface area contributed by atoms with Crippen molar-refractivity contribution in [2.45, 2.75) is 46.6 Å². The molecular formula is C16H36IN5O. The van der Waals surface area contributed by atoms with E-state index < -0.39 is 0 Å². The van der Waals surface area contributed by atoms with Gasteiger partial charge >= 0.3 is 0 Å². The summed E-state index contributed by atoms with van der Waals surface area (Å²) in [5, 5.41) is 6.46. The van der Waals surface area contributed by atoms with Crippen LogP contribution in [0.4, 0.5) is 0 Å². The second kappa shape index (κ2) is 12.8. The molecule has 0 aromatic rings. The summed E-state index contributed by atoms with van der Waals surface area (Å²) >= 11 is 0. The Bertz CT molecular complexity index is 354. The van der Waals surface area contributed by atoms with E-state index >= 15 is 0 Å². The number of rotatable bonds is 9. The molecule has 0 bridgehead atoms. The summed E-state index contributed by atoms with van der Waals surface area (Å²) in [6, 6.07) is 0. The summed E-state index contributed by atoms with van der Waals surface area (Å²) in [6.45, 7) is 14.0. The van der Waals surface area contributed by atoms with Gasteiger partial charge in [-0.05, 0) is 48.7 Å². The van der Waals surface area contributed by atoms with Crippen LogP contribution in [0.5, 0.6) is 0 Å². The minimum absolute atomic E-state index is 0. The monoisotopic (exact) mass is 441 g/mol. The molecule has 0 aliphatic heterocycles. The van der Waals surface area contributed by atoms with Gasteiger partial charge in [0.15, 0.2) is 5.96 Å². The first-order valence-corrected chi connectivity index (χ1v) is 8.25. The third-order valence-corrected chi connectivity index (χ3v) is 3.93. The maximum atomic E-state index is 12.0. The molecule has 0 aromatic carbocycles. The predicted octanol–water partition coefficient (Wildman–Crippen LogP) is 1.76. The van der Waals surface area contributed by atoms with Crippen LogP contribution in [0.3, 0.4) is 0 Å². The molecule has 0 saturated carbocycles. The lowest BCUT2D eigenvalue weighted by Gasteiger charge is -2.31. The maximum Gasteiger partial charge on any atom is 0.224 e. The fraction of sp³-hybridized carbons (Fsp3) is 0.875. The average molecular weight is 441 g/mol. The number of carbonyl (C=O) groups excluding carboxylic acids is 1. The Balaban J connectivity index is 0. The van der Waals surface area contributed by atoms with Crippen molar-refractivity contribution in [2.75, 3.05) is 46.8 Å². The van der Waals surface area contributed by atoms with Crippen LogP contribution in [-0.4, -0.2) is 74.0 Å². The minimum atomic E-state index is -0.000604. The summed E-state index contributed by atoms with van der Waals surface area (Å²) in [5.41, 5.74) is -0.000604. The first kappa shape index (κ1) is 24.7. The number of carbonyl (C=O) groups is 1. The van der Waals surface area contributed by atoms with Crippen molar-refractivity contribution in [3.05, 3.63) is 0 Å². The van der Waals surface area contributed by atoms with Crippen LogP contribution in [0.2, 0.25) is 0 Å². The molecule has 0 aliphatic carbocycles. The molecule has 0 heterocycles. The van der Waals surface area contributed by atoms with Gasteiger partial charge in [-0.1, -0.05) is 0 Å². The van der Waals surface area contributed by atoms with Crippen LogP contribution in [0.15, 0.2) is 4.99 Å². The fourth-order valence-electron chi connectivity index (χ4n) is 1.78. The molecule has 0 spiro atoms. The lowest BCUT2D eigenvalue weighted by molar-refractivity contribution is -0.130. The Morgan fingerprint density at radius 2 is 1.65 bits per heavy atom. The number of hydrogen-bond donors (Lipinski definition) is 2. The number of nitrogens with zero attached hydrogens (tertiary/aromatic N) is 3. The van der Waals surface area contributed by atoms with Gasteiger partial charge in [0.1, 0.15) is 0 Å². The minimum Gasteiger partial charge on any atom is -0.357 e. The van der Waals surface area contributed by atoms with Gasteiger partial charge in [-0.2, -0.15) is 0 Å². The molecule has 138 valence electrons. The number of nitrogens with one attached hydrogen (secondary N) is 2. The van der Waals surface area contributed by atoms with Gasteiger partial charge in [-0.25, -0.2) is 0 Å². The van der Waals surface area contributed by atoms with E-state index in [2.05, 4.69) is 48.5 Å². The van der Waals surface area contributed by atoms with E-state index in [1.54, 1.807) is 0 Å². The van der Waals surface area contributed by atoms with Gasteiger partial charge in [0.05, 0.1) is 6.54 Å². The summed E-state index contributed by atoms with van der Waals surface area (Å²) in [6.07, 6.45) is 0.489. The highest BCUT2D eigenvalue weighted by Gasteiger charge is 2.20. The topological polar surface area (TPSA) is 60.0 Å². The zero-order valence-corrected chi connectivity index (χ0v) is 18.2. The number of guanidine groups is 1. The maximum absolute atomic E-state index is 12.0. The van der Waals surface area contributed by atoms with E-state index in [1.165, 1.54) is 0 Å². The van der Waals surface area contributed by atoms with Crippen molar-refractivity contribution in [3.8, 4) is 0 Å². The third kappa shape index (κ3) is 10.0. The third-order valence-electron chi connectivity index (χ3n) is 3.93. The molecule has 1 amide bonds. The predicted molar refractivity (Wildman–Crippen MR) is 110 cm³/mol. The molecular weight excluding hydrogens is 405 g/mol. The Morgan fingerprint density at radius 1 is 1.09 bits per heavy atom. The van der Waals surface area contributed by atoms with E-state index in [0.29, 0.717) is 19.5 Å². The normalized spacial score (nSPS) is 11.9. The largest absolute Gasteiger partial charge is 0.357 e. The van der Waals surface area contributed by atoms with Crippen LogP contribution >= 0.6 is 24.0 Å². The fourth-order valence-corrected chi connectivity index (χ4v) is 1.78. The van der Waals surface area contributed by atoms with Crippen LogP contribution in [0.1, 0.15) is 41.0 Å². The van der Waals surface area contributed by atoms with Crippen molar-refractivity contribution < 1.29 is 4.79 Å². The molecule has 2 N–H and O–H groups in total. The summed E-state index contributed by atoms with van der Waals surface area (Å²) in [5.74, 6) is 0.951. The Hall–Kier alpha value is -0.570. The van der Waals surface area contributed by atoms with Crippen LogP contribution in [0.25, 0.3) is 0 Å². The first-order chi connectivity index (χ1) is 10.3. The molecule has 0 rings (SSSR count). The second-order valence-corrected chi connectivity index (χ2v) is 6.14. The van der Waals surface area contributed by atoms with Gasteiger partial charge in [0.2, 0.25) is 5.91 Å². The lowest BCUT2D eigenvalue weighted by atomic mass is 10.1. The van der Waals surface area contributed by atoms with E-state index in [-0.39, 0.29) is 35.4 Å². The lowest BCUT2D eigenvalue weighted by Crippen LogP contribution is -2.44. The SMILES string of the molecule is CCNC(=NCC(C)(C)N(C)C)NCCC(=O)N(CC)CC.I. The quantitative estimate of drug-likeness (QED) is 0.325. The molecule has 23 heavy (non-hydrogen) atoms. The van der Waals surface area contributed by atoms with Gasteiger partial charge in [-0.3, -0.25) is 9.79 Å². The van der Waals surface area contributed by atoms with Crippen molar-refractivity contribution in [1.29, 1.82) is 0 Å². The summed E-state index contributed by atoms with van der Waals surface area (Å²) < 4.78 is 0. The highest BCUT2D eigenvalue weighted by atomic mass is 127. The van der Waals surface area contributed by atoms with E-state index in [9.17, 15) is 4.79 Å². The van der Waals surface area contributed by atoms with E-state index in [1.807, 2.05) is 25.7 Å². The Morgan fingerprint density at radius 3 is 2.09 bits per heavy atom. The van der Waals surface area contributed by atoms with Gasteiger partial charge in [0, 0.05) is 38.1 Å².